The summed E-state index contributed by atoms with van der Waals surface area (Å²) in [4.78, 5) is 22.8. The van der Waals surface area contributed by atoms with Gasteiger partial charge in [0.25, 0.3) is 5.69 Å². The van der Waals surface area contributed by atoms with Crippen LogP contribution in [0.25, 0.3) is 0 Å². The van der Waals surface area contributed by atoms with E-state index in [0.29, 0.717) is 12.1 Å². The van der Waals surface area contributed by atoms with Gasteiger partial charge >= 0.3 is 5.97 Å². The Balaban J connectivity index is 0.00000324. The van der Waals surface area contributed by atoms with Gasteiger partial charge in [-0.15, -0.1) is 12.4 Å². The molecule has 0 bridgehead atoms. The number of nitro benzene ring substituents is 1. The summed E-state index contributed by atoms with van der Waals surface area (Å²) in [6.45, 7) is 3.61. The van der Waals surface area contributed by atoms with Crippen molar-refractivity contribution in [1.82, 2.24) is 4.90 Å². The molecule has 1 aromatic rings. The van der Waals surface area contributed by atoms with Gasteiger partial charge in [-0.05, 0) is 26.5 Å². The molecule has 1 unspecified atom stereocenters. The van der Waals surface area contributed by atoms with Crippen LogP contribution in [0.5, 0.6) is 0 Å². The SMILES string of the molecule is Cc1c(CN(C)C(C)C(=O)O)cccc1[N+](=O)[O-].Cl. The van der Waals surface area contributed by atoms with Gasteiger partial charge in [0.15, 0.2) is 0 Å². The van der Waals surface area contributed by atoms with Gasteiger partial charge in [-0.3, -0.25) is 19.8 Å². The van der Waals surface area contributed by atoms with E-state index in [-0.39, 0.29) is 18.1 Å². The average molecular weight is 289 g/mol. The molecule has 0 spiro atoms. The smallest absolute Gasteiger partial charge is 0.320 e. The fourth-order valence-electron chi connectivity index (χ4n) is 1.63. The summed E-state index contributed by atoms with van der Waals surface area (Å²) in [5.41, 5.74) is 1.40. The molecule has 0 aromatic heterocycles. The maximum Gasteiger partial charge on any atom is 0.320 e. The van der Waals surface area contributed by atoms with E-state index in [1.54, 1.807) is 37.9 Å². The van der Waals surface area contributed by atoms with Gasteiger partial charge in [0, 0.05) is 18.2 Å². The number of halogens is 1. The third-order valence-corrected chi connectivity index (χ3v) is 3.05. The van der Waals surface area contributed by atoms with Crippen LogP contribution in [0.4, 0.5) is 5.69 Å². The molecule has 1 aromatic carbocycles. The van der Waals surface area contributed by atoms with E-state index in [1.807, 2.05) is 0 Å². The van der Waals surface area contributed by atoms with Crippen LogP contribution in [0.15, 0.2) is 18.2 Å². The lowest BCUT2D eigenvalue weighted by Crippen LogP contribution is -2.35. The lowest BCUT2D eigenvalue weighted by Gasteiger charge is -2.21. The number of benzene rings is 1. The zero-order valence-corrected chi connectivity index (χ0v) is 11.8. The van der Waals surface area contributed by atoms with E-state index in [1.165, 1.54) is 6.07 Å². The zero-order chi connectivity index (χ0) is 13.9. The van der Waals surface area contributed by atoms with Crippen molar-refractivity contribution in [3.63, 3.8) is 0 Å². The number of nitro groups is 1. The first-order chi connectivity index (χ1) is 8.34. The Kier molecular flexibility index (Phi) is 6.44. The van der Waals surface area contributed by atoms with Crippen molar-refractivity contribution in [3.8, 4) is 0 Å². The van der Waals surface area contributed by atoms with E-state index in [4.69, 9.17) is 5.11 Å². The fraction of sp³-hybridized carbons (Fsp3) is 0.417. The molecule has 0 aliphatic rings. The monoisotopic (exact) mass is 288 g/mol. The summed E-state index contributed by atoms with van der Waals surface area (Å²) < 4.78 is 0. The van der Waals surface area contributed by atoms with Crippen molar-refractivity contribution in [3.05, 3.63) is 39.4 Å². The summed E-state index contributed by atoms with van der Waals surface area (Å²) in [5, 5.41) is 19.7. The van der Waals surface area contributed by atoms with Gasteiger partial charge < -0.3 is 5.11 Å². The van der Waals surface area contributed by atoms with Gasteiger partial charge in [-0.1, -0.05) is 12.1 Å². The molecule has 6 nitrogen and oxygen atoms in total. The van der Waals surface area contributed by atoms with E-state index < -0.39 is 16.9 Å². The van der Waals surface area contributed by atoms with E-state index in [9.17, 15) is 14.9 Å². The van der Waals surface area contributed by atoms with Crippen LogP contribution in [0.3, 0.4) is 0 Å². The van der Waals surface area contributed by atoms with E-state index in [0.717, 1.165) is 5.56 Å². The molecular weight excluding hydrogens is 272 g/mol. The van der Waals surface area contributed by atoms with Crippen molar-refractivity contribution < 1.29 is 14.8 Å². The third-order valence-electron chi connectivity index (χ3n) is 3.05. The summed E-state index contributed by atoms with van der Waals surface area (Å²) in [5.74, 6) is -0.916. The molecule has 1 atom stereocenters. The second kappa shape index (κ2) is 7.06. The topological polar surface area (TPSA) is 83.7 Å². The van der Waals surface area contributed by atoms with Crippen LogP contribution < -0.4 is 0 Å². The van der Waals surface area contributed by atoms with Crippen LogP contribution in [-0.2, 0) is 11.3 Å². The van der Waals surface area contributed by atoms with Crippen molar-refractivity contribution in [2.45, 2.75) is 26.4 Å². The Morgan fingerprint density at radius 3 is 2.58 bits per heavy atom. The lowest BCUT2D eigenvalue weighted by molar-refractivity contribution is -0.385. The van der Waals surface area contributed by atoms with E-state index in [2.05, 4.69) is 0 Å². The molecule has 106 valence electrons. The van der Waals surface area contributed by atoms with Crippen molar-refractivity contribution in [1.29, 1.82) is 0 Å². The Bertz CT molecular complexity index is 479. The molecule has 0 saturated heterocycles. The minimum atomic E-state index is -0.916. The molecular formula is C12H17ClN2O4. The number of nitrogens with zero attached hydrogens (tertiary/aromatic N) is 2. The molecule has 1 N–H and O–H groups in total. The first kappa shape index (κ1) is 17.3. The van der Waals surface area contributed by atoms with E-state index >= 15 is 0 Å². The Morgan fingerprint density at radius 1 is 1.53 bits per heavy atom. The van der Waals surface area contributed by atoms with Gasteiger partial charge in [-0.25, -0.2) is 0 Å². The minimum absolute atomic E-state index is 0. The predicted octanol–water partition coefficient (Wildman–Crippen LogP) is 2.23. The van der Waals surface area contributed by atoms with Gasteiger partial charge in [-0.2, -0.15) is 0 Å². The second-order valence-electron chi connectivity index (χ2n) is 4.25. The number of carboxylic acids is 1. The molecule has 0 aliphatic carbocycles. The molecule has 7 heteroatoms. The first-order valence-corrected chi connectivity index (χ1v) is 5.50. The van der Waals surface area contributed by atoms with Gasteiger partial charge in [0.1, 0.15) is 6.04 Å². The average Bonchev–Trinajstić information content (AvgIpc) is 2.30. The summed E-state index contributed by atoms with van der Waals surface area (Å²) in [6, 6.07) is 4.19. The number of aliphatic carboxylic acids is 1. The van der Waals surface area contributed by atoms with Crippen LogP contribution in [0.1, 0.15) is 18.1 Å². The van der Waals surface area contributed by atoms with Gasteiger partial charge in [0.2, 0.25) is 0 Å². The number of hydrogen-bond acceptors (Lipinski definition) is 4. The normalized spacial score (nSPS) is 11.8. The molecule has 0 saturated carbocycles. The maximum absolute atomic E-state index is 10.8. The Labute approximate surface area is 117 Å². The standard InChI is InChI=1S/C12H16N2O4.ClH/c1-8-10(5-4-6-11(8)14(17)18)7-13(3)9(2)12(15)16;/h4-6,9H,7H2,1-3H3,(H,15,16);1H. The number of carbonyl (C=O) groups is 1. The highest BCUT2D eigenvalue weighted by Gasteiger charge is 2.19. The van der Waals surface area contributed by atoms with Crippen molar-refractivity contribution in [2.24, 2.45) is 0 Å². The molecule has 0 amide bonds. The number of likely N-dealkylation sites (N-methyl/N-ethyl adjacent to an activating group) is 1. The van der Waals surface area contributed by atoms with Crippen molar-refractivity contribution in [2.75, 3.05) is 7.05 Å². The second-order valence-corrected chi connectivity index (χ2v) is 4.25. The fourth-order valence-corrected chi connectivity index (χ4v) is 1.63. The molecule has 0 radical (unpaired) electrons. The zero-order valence-electron chi connectivity index (χ0n) is 11.0. The summed E-state index contributed by atoms with van der Waals surface area (Å²) in [7, 11) is 1.68. The highest BCUT2D eigenvalue weighted by Crippen LogP contribution is 2.22. The number of rotatable bonds is 5. The quantitative estimate of drug-likeness (QED) is 0.663. The van der Waals surface area contributed by atoms with Crippen molar-refractivity contribution >= 4 is 24.1 Å². The summed E-state index contributed by atoms with van der Waals surface area (Å²) in [6.07, 6.45) is 0. The van der Waals surface area contributed by atoms with Crippen LogP contribution in [0.2, 0.25) is 0 Å². The summed E-state index contributed by atoms with van der Waals surface area (Å²) >= 11 is 0. The molecule has 0 heterocycles. The predicted molar refractivity (Wildman–Crippen MR) is 73.6 cm³/mol. The highest BCUT2D eigenvalue weighted by molar-refractivity contribution is 5.85. The molecule has 1 rings (SSSR count). The Morgan fingerprint density at radius 2 is 2.11 bits per heavy atom. The molecule has 19 heavy (non-hydrogen) atoms. The Hall–Kier alpha value is -1.66. The largest absolute Gasteiger partial charge is 0.480 e. The minimum Gasteiger partial charge on any atom is -0.480 e. The third kappa shape index (κ3) is 4.18. The van der Waals surface area contributed by atoms with Crippen LogP contribution >= 0.6 is 12.4 Å². The molecule has 0 fully saturated rings. The number of carboxylic acid groups (broad SMARTS) is 1. The van der Waals surface area contributed by atoms with Crippen LogP contribution in [0, 0.1) is 17.0 Å². The first-order valence-electron chi connectivity index (χ1n) is 5.50. The van der Waals surface area contributed by atoms with Gasteiger partial charge in [0.05, 0.1) is 4.92 Å². The van der Waals surface area contributed by atoms with Crippen LogP contribution in [-0.4, -0.2) is 34.0 Å². The number of hydrogen-bond donors (Lipinski definition) is 1. The maximum atomic E-state index is 10.8. The lowest BCUT2D eigenvalue weighted by atomic mass is 10.1. The highest BCUT2D eigenvalue weighted by atomic mass is 35.5. The molecule has 0 aliphatic heterocycles.